The molecule has 3 nitrogen and oxygen atoms in total. The fraction of sp³-hybridized carbons (Fsp3) is 0.455. The Bertz CT molecular complexity index is 372. The molecule has 1 fully saturated rings. The fourth-order valence-corrected chi connectivity index (χ4v) is 2.00. The van der Waals surface area contributed by atoms with Crippen molar-refractivity contribution < 1.29 is 9.47 Å². The summed E-state index contributed by atoms with van der Waals surface area (Å²) < 4.78 is 10.6. The lowest BCUT2D eigenvalue weighted by Gasteiger charge is -2.14. The van der Waals surface area contributed by atoms with Crippen LogP contribution in [-0.2, 0) is 5.54 Å². The molecule has 1 aliphatic carbocycles. The Morgan fingerprint density at radius 1 is 1.21 bits per heavy atom. The van der Waals surface area contributed by atoms with E-state index in [1.54, 1.807) is 0 Å². The molecule has 0 aromatic heterocycles. The van der Waals surface area contributed by atoms with Gasteiger partial charge >= 0.3 is 0 Å². The van der Waals surface area contributed by atoms with Gasteiger partial charge in [-0.3, -0.25) is 0 Å². The molecule has 2 aliphatic rings. The normalized spacial score (nSPS) is 20.9. The molecule has 0 amide bonds. The van der Waals surface area contributed by atoms with Crippen LogP contribution in [0.25, 0.3) is 0 Å². The summed E-state index contributed by atoms with van der Waals surface area (Å²) in [4.78, 5) is 0. The molecule has 1 heterocycles. The number of fused-ring (bicyclic) bond motifs is 1. The van der Waals surface area contributed by atoms with Gasteiger partial charge < -0.3 is 14.8 Å². The van der Waals surface area contributed by atoms with Gasteiger partial charge in [-0.1, -0.05) is 6.07 Å². The molecule has 0 radical (unpaired) electrons. The predicted octanol–water partition coefficient (Wildman–Crippen LogP) is 1.62. The van der Waals surface area contributed by atoms with E-state index in [4.69, 9.17) is 9.47 Å². The van der Waals surface area contributed by atoms with Crippen molar-refractivity contribution in [2.24, 2.45) is 0 Å². The summed E-state index contributed by atoms with van der Waals surface area (Å²) in [5, 5.41) is 3.36. The Balaban J connectivity index is 2.00. The maximum absolute atomic E-state index is 5.36. The van der Waals surface area contributed by atoms with Gasteiger partial charge in [0.2, 0.25) is 6.79 Å². The lowest BCUT2D eigenvalue weighted by atomic mass is 10.0. The van der Waals surface area contributed by atoms with Crippen molar-refractivity contribution in [2.45, 2.75) is 18.4 Å². The van der Waals surface area contributed by atoms with Crippen LogP contribution in [0.2, 0.25) is 0 Å². The third kappa shape index (κ3) is 1.02. The van der Waals surface area contributed by atoms with Crippen molar-refractivity contribution >= 4 is 0 Å². The minimum absolute atomic E-state index is 0.209. The summed E-state index contributed by atoms with van der Waals surface area (Å²) in [6, 6.07) is 6.21. The van der Waals surface area contributed by atoms with Gasteiger partial charge in [0.05, 0.1) is 0 Å². The molecular formula is C11H13NO2. The van der Waals surface area contributed by atoms with E-state index in [-0.39, 0.29) is 5.54 Å². The molecule has 1 aromatic carbocycles. The largest absolute Gasteiger partial charge is 0.454 e. The third-order valence-corrected chi connectivity index (χ3v) is 3.15. The van der Waals surface area contributed by atoms with E-state index < -0.39 is 0 Å². The van der Waals surface area contributed by atoms with E-state index >= 15 is 0 Å². The summed E-state index contributed by atoms with van der Waals surface area (Å²) in [6.45, 7) is 0.353. The second-order valence-corrected chi connectivity index (χ2v) is 3.90. The van der Waals surface area contributed by atoms with Gasteiger partial charge in [-0.25, -0.2) is 0 Å². The Morgan fingerprint density at radius 2 is 2.00 bits per heavy atom. The highest BCUT2D eigenvalue weighted by Gasteiger charge is 2.43. The Labute approximate surface area is 83.0 Å². The lowest BCUT2D eigenvalue weighted by molar-refractivity contribution is 0.174. The Kier molecular flexibility index (Phi) is 1.53. The second kappa shape index (κ2) is 2.64. The topological polar surface area (TPSA) is 30.5 Å². The van der Waals surface area contributed by atoms with Crippen LogP contribution in [0.3, 0.4) is 0 Å². The average Bonchev–Trinajstić information content (AvgIpc) is 2.89. The van der Waals surface area contributed by atoms with Crippen molar-refractivity contribution in [1.82, 2.24) is 5.32 Å². The van der Waals surface area contributed by atoms with E-state index in [9.17, 15) is 0 Å². The van der Waals surface area contributed by atoms with E-state index in [1.807, 2.05) is 13.1 Å². The van der Waals surface area contributed by atoms with Gasteiger partial charge in [0.25, 0.3) is 0 Å². The molecule has 0 atom stereocenters. The number of rotatable bonds is 2. The monoisotopic (exact) mass is 191 g/mol. The van der Waals surface area contributed by atoms with Gasteiger partial charge in [-0.2, -0.15) is 0 Å². The molecule has 3 rings (SSSR count). The zero-order chi connectivity index (χ0) is 9.60. The summed E-state index contributed by atoms with van der Waals surface area (Å²) in [5.74, 6) is 1.74. The SMILES string of the molecule is CNC1(c2ccc3c(c2)OCO3)CC1. The van der Waals surface area contributed by atoms with Crippen LogP contribution < -0.4 is 14.8 Å². The predicted molar refractivity (Wildman–Crippen MR) is 52.5 cm³/mol. The van der Waals surface area contributed by atoms with Crippen LogP contribution in [0.15, 0.2) is 18.2 Å². The van der Waals surface area contributed by atoms with Crippen LogP contribution >= 0.6 is 0 Å². The van der Waals surface area contributed by atoms with Crippen LogP contribution in [0.1, 0.15) is 18.4 Å². The molecule has 74 valence electrons. The van der Waals surface area contributed by atoms with Gasteiger partial charge in [0, 0.05) is 5.54 Å². The van der Waals surface area contributed by atoms with Crippen LogP contribution in [-0.4, -0.2) is 13.8 Å². The second-order valence-electron chi connectivity index (χ2n) is 3.90. The zero-order valence-corrected chi connectivity index (χ0v) is 8.17. The molecule has 3 heteroatoms. The minimum Gasteiger partial charge on any atom is -0.454 e. The Hall–Kier alpha value is -1.22. The molecule has 14 heavy (non-hydrogen) atoms. The summed E-state index contributed by atoms with van der Waals surface area (Å²) in [7, 11) is 2.01. The van der Waals surface area contributed by atoms with Gasteiger partial charge in [0.15, 0.2) is 11.5 Å². The number of nitrogens with one attached hydrogen (secondary N) is 1. The molecule has 0 spiro atoms. The van der Waals surface area contributed by atoms with Crippen LogP contribution in [0.5, 0.6) is 11.5 Å². The smallest absolute Gasteiger partial charge is 0.231 e. The maximum Gasteiger partial charge on any atom is 0.231 e. The highest BCUT2D eigenvalue weighted by Crippen LogP contribution is 2.47. The van der Waals surface area contributed by atoms with Crippen molar-refractivity contribution in [1.29, 1.82) is 0 Å². The summed E-state index contributed by atoms with van der Waals surface area (Å²) >= 11 is 0. The standard InChI is InChI=1S/C11H13NO2/c1-12-11(4-5-11)8-2-3-9-10(6-8)14-7-13-9/h2-3,6,12H,4-5,7H2,1H3. The van der Waals surface area contributed by atoms with Gasteiger partial charge in [0.1, 0.15) is 0 Å². The number of hydrogen-bond donors (Lipinski definition) is 1. The van der Waals surface area contributed by atoms with Gasteiger partial charge in [-0.15, -0.1) is 0 Å². The molecular weight excluding hydrogens is 178 g/mol. The molecule has 1 saturated carbocycles. The third-order valence-electron chi connectivity index (χ3n) is 3.15. The number of hydrogen-bond acceptors (Lipinski definition) is 3. The van der Waals surface area contributed by atoms with E-state index in [0.717, 1.165) is 11.5 Å². The zero-order valence-electron chi connectivity index (χ0n) is 8.17. The van der Waals surface area contributed by atoms with Crippen molar-refractivity contribution in [3.05, 3.63) is 23.8 Å². The number of benzene rings is 1. The first-order valence-corrected chi connectivity index (χ1v) is 4.93. The maximum atomic E-state index is 5.36. The quantitative estimate of drug-likeness (QED) is 0.770. The first kappa shape index (κ1) is 8.12. The first-order valence-electron chi connectivity index (χ1n) is 4.93. The highest BCUT2D eigenvalue weighted by molar-refractivity contribution is 5.47. The molecule has 0 saturated heterocycles. The molecule has 1 aliphatic heterocycles. The average molecular weight is 191 g/mol. The summed E-state index contributed by atoms with van der Waals surface area (Å²) in [6.07, 6.45) is 2.42. The fourth-order valence-electron chi connectivity index (χ4n) is 2.00. The van der Waals surface area contributed by atoms with Gasteiger partial charge in [-0.05, 0) is 37.6 Å². The molecule has 0 bridgehead atoms. The highest BCUT2D eigenvalue weighted by atomic mass is 16.7. The Morgan fingerprint density at radius 3 is 2.71 bits per heavy atom. The molecule has 0 unspecified atom stereocenters. The van der Waals surface area contributed by atoms with E-state index in [0.29, 0.717) is 6.79 Å². The number of ether oxygens (including phenoxy) is 2. The summed E-state index contributed by atoms with van der Waals surface area (Å²) in [5.41, 5.74) is 1.52. The molecule has 1 N–H and O–H groups in total. The van der Waals surface area contributed by atoms with Crippen molar-refractivity contribution in [3.8, 4) is 11.5 Å². The van der Waals surface area contributed by atoms with Crippen LogP contribution in [0.4, 0.5) is 0 Å². The van der Waals surface area contributed by atoms with E-state index in [2.05, 4.69) is 17.4 Å². The lowest BCUT2D eigenvalue weighted by Crippen LogP contribution is -2.24. The first-order chi connectivity index (χ1) is 6.84. The molecule has 1 aromatic rings. The van der Waals surface area contributed by atoms with E-state index in [1.165, 1.54) is 18.4 Å². The minimum atomic E-state index is 0.209. The van der Waals surface area contributed by atoms with Crippen molar-refractivity contribution in [2.75, 3.05) is 13.8 Å². The van der Waals surface area contributed by atoms with Crippen LogP contribution in [0, 0.1) is 0 Å². The van der Waals surface area contributed by atoms with Crippen molar-refractivity contribution in [3.63, 3.8) is 0 Å².